The molecule has 3 fully saturated rings. The van der Waals surface area contributed by atoms with E-state index in [0.29, 0.717) is 19.4 Å². The number of piperazine rings is 1. The first kappa shape index (κ1) is 30.6. The van der Waals surface area contributed by atoms with Crippen LogP contribution in [0.3, 0.4) is 0 Å². The van der Waals surface area contributed by atoms with E-state index in [4.69, 9.17) is 0 Å². The Morgan fingerprint density at radius 1 is 1.06 bits per heavy atom. The van der Waals surface area contributed by atoms with Crippen molar-refractivity contribution in [3.05, 3.63) is 41.5 Å². The van der Waals surface area contributed by atoms with Crippen LogP contribution in [0.25, 0.3) is 6.08 Å². The molecule has 3 atom stereocenters. The van der Waals surface area contributed by atoms with E-state index >= 15 is 0 Å². The predicted molar refractivity (Wildman–Crippen MR) is 147 cm³/mol. The van der Waals surface area contributed by atoms with Gasteiger partial charge in [-0.25, -0.2) is 12.7 Å². The SMILES string of the molecule is CCC[C@H]1C(=O)N(S(C)(=O)=O)[C@H]2CCN(C(=O)C=Cc3ccc(CN4CCN(C)CC4)cc3)[C@H]12.Cl.Cl. The molecule has 0 aliphatic carbocycles. The number of fused-ring (bicyclic) bond motifs is 1. The highest BCUT2D eigenvalue weighted by Gasteiger charge is 2.56. The molecular formula is C25H38Cl2N4O4S. The minimum Gasteiger partial charge on any atom is -0.333 e. The van der Waals surface area contributed by atoms with Crippen molar-refractivity contribution in [2.24, 2.45) is 5.92 Å². The van der Waals surface area contributed by atoms with E-state index in [1.165, 1.54) is 5.56 Å². The Kier molecular flexibility index (Phi) is 10.8. The minimum absolute atomic E-state index is 0. The van der Waals surface area contributed by atoms with Gasteiger partial charge < -0.3 is 9.80 Å². The van der Waals surface area contributed by atoms with Gasteiger partial charge in [0.05, 0.1) is 24.3 Å². The lowest BCUT2D eigenvalue weighted by molar-refractivity contribution is -0.130. The fourth-order valence-electron chi connectivity index (χ4n) is 5.55. The Hall–Kier alpha value is -1.65. The highest BCUT2D eigenvalue weighted by molar-refractivity contribution is 7.88. The van der Waals surface area contributed by atoms with Crippen LogP contribution in [0.1, 0.15) is 37.3 Å². The van der Waals surface area contributed by atoms with Crippen molar-refractivity contribution in [3.8, 4) is 0 Å². The van der Waals surface area contributed by atoms with Crippen LogP contribution in [0.15, 0.2) is 30.3 Å². The molecule has 8 nitrogen and oxygen atoms in total. The second-order valence-corrected chi connectivity index (χ2v) is 11.7. The van der Waals surface area contributed by atoms with Crippen molar-refractivity contribution in [1.29, 1.82) is 0 Å². The number of benzene rings is 1. The zero-order valence-electron chi connectivity index (χ0n) is 21.2. The summed E-state index contributed by atoms with van der Waals surface area (Å²) in [7, 11) is -1.51. The average molecular weight is 562 g/mol. The fraction of sp³-hybridized carbons (Fsp3) is 0.600. The van der Waals surface area contributed by atoms with Gasteiger partial charge in [0.1, 0.15) is 0 Å². The number of halogens is 2. The van der Waals surface area contributed by atoms with Gasteiger partial charge in [-0.05, 0) is 37.1 Å². The quantitative estimate of drug-likeness (QED) is 0.476. The van der Waals surface area contributed by atoms with Crippen molar-refractivity contribution in [3.63, 3.8) is 0 Å². The normalized spacial score (nSPS) is 25.1. The molecule has 0 saturated carbocycles. The summed E-state index contributed by atoms with van der Waals surface area (Å²) in [5.41, 5.74) is 2.19. The first-order valence-electron chi connectivity index (χ1n) is 12.2. The second kappa shape index (κ2) is 12.7. The summed E-state index contributed by atoms with van der Waals surface area (Å²) in [5, 5.41) is 0. The summed E-state index contributed by atoms with van der Waals surface area (Å²) >= 11 is 0. The molecule has 0 aromatic heterocycles. The third kappa shape index (κ3) is 6.61. The molecule has 0 N–H and O–H groups in total. The van der Waals surface area contributed by atoms with Crippen LogP contribution in [0.2, 0.25) is 0 Å². The Balaban J connectivity index is 0.00000228. The Morgan fingerprint density at radius 2 is 1.69 bits per heavy atom. The number of likely N-dealkylation sites (N-methyl/N-ethyl adjacent to an activating group) is 1. The topological polar surface area (TPSA) is 81.2 Å². The molecule has 2 amide bonds. The Bertz CT molecular complexity index is 1040. The van der Waals surface area contributed by atoms with E-state index in [0.717, 1.165) is 55.3 Å². The maximum absolute atomic E-state index is 13.1. The van der Waals surface area contributed by atoms with Gasteiger partial charge in [-0.15, -0.1) is 24.8 Å². The molecule has 4 rings (SSSR count). The van der Waals surface area contributed by atoms with Gasteiger partial charge in [0.2, 0.25) is 21.8 Å². The van der Waals surface area contributed by atoms with Crippen LogP contribution in [-0.4, -0.2) is 97.3 Å². The molecule has 3 heterocycles. The van der Waals surface area contributed by atoms with Gasteiger partial charge in [0.25, 0.3) is 0 Å². The molecule has 36 heavy (non-hydrogen) atoms. The highest BCUT2D eigenvalue weighted by Crippen LogP contribution is 2.40. The average Bonchev–Trinajstić information content (AvgIpc) is 3.32. The van der Waals surface area contributed by atoms with Crippen molar-refractivity contribution in [2.75, 3.05) is 46.0 Å². The first-order valence-corrected chi connectivity index (χ1v) is 14.1. The molecule has 1 aromatic rings. The molecule has 3 aliphatic rings. The summed E-state index contributed by atoms with van der Waals surface area (Å²) in [4.78, 5) is 32.5. The summed E-state index contributed by atoms with van der Waals surface area (Å²) in [6.07, 6.45) is 6.26. The molecule has 202 valence electrons. The zero-order valence-corrected chi connectivity index (χ0v) is 23.7. The number of hydrogen-bond acceptors (Lipinski definition) is 6. The molecule has 0 unspecified atom stereocenters. The van der Waals surface area contributed by atoms with Gasteiger partial charge >= 0.3 is 0 Å². The summed E-state index contributed by atoms with van der Waals surface area (Å²) in [6.45, 7) is 7.69. The lowest BCUT2D eigenvalue weighted by Crippen LogP contribution is -2.43. The van der Waals surface area contributed by atoms with Crippen LogP contribution in [-0.2, 0) is 26.2 Å². The molecule has 0 radical (unpaired) electrons. The molecule has 0 bridgehead atoms. The number of carbonyl (C=O) groups is 2. The molecule has 3 saturated heterocycles. The number of carbonyl (C=O) groups excluding carboxylic acids is 2. The second-order valence-electron chi connectivity index (χ2n) is 9.82. The first-order chi connectivity index (χ1) is 16.2. The number of amides is 2. The Labute approximate surface area is 227 Å². The van der Waals surface area contributed by atoms with E-state index in [-0.39, 0.29) is 42.7 Å². The van der Waals surface area contributed by atoms with Gasteiger partial charge in [0.15, 0.2) is 0 Å². The van der Waals surface area contributed by atoms with Crippen LogP contribution in [0.5, 0.6) is 0 Å². The number of likely N-dealkylation sites (tertiary alicyclic amines) is 1. The van der Waals surface area contributed by atoms with E-state index < -0.39 is 22.0 Å². The van der Waals surface area contributed by atoms with E-state index in [1.54, 1.807) is 17.1 Å². The highest BCUT2D eigenvalue weighted by atomic mass is 35.5. The van der Waals surface area contributed by atoms with E-state index in [9.17, 15) is 18.0 Å². The smallest absolute Gasteiger partial charge is 0.246 e. The molecular weight excluding hydrogens is 523 g/mol. The van der Waals surface area contributed by atoms with Crippen molar-refractivity contribution in [1.82, 2.24) is 19.0 Å². The number of hydrogen-bond donors (Lipinski definition) is 0. The van der Waals surface area contributed by atoms with Crippen LogP contribution >= 0.6 is 24.8 Å². The van der Waals surface area contributed by atoms with Crippen LogP contribution in [0.4, 0.5) is 0 Å². The maximum atomic E-state index is 13.1. The van der Waals surface area contributed by atoms with Crippen molar-refractivity contribution in [2.45, 2.75) is 44.8 Å². The van der Waals surface area contributed by atoms with Crippen LogP contribution < -0.4 is 0 Å². The summed E-state index contributed by atoms with van der Waals surface area (Å²) in [5.74, 6) is -0.992. The van der Waals surface area contributed by atoms with Gasteiger partial charge in [0, 0.05) is 45.3 Å². The van der Waals surface area contributed by atoms with E-state index in [2.05, 4.69) is 29.0 Å². The van der Waals surface area contributed by atoms with Gasteiger partial charge in [-0.3, -0.25) is 14.5 Å². The van der Waals surface area contributed by atoms with Crippen molar-refractivity contribution < 1.29 is 18.0 Å². The maximum Gasteiger partial charge on any atom is 0.246 e. The number of nitrogens with zero attached hydrogens (tertiary/aromatic N) is 4. The predicted octanol–water partition coefficient (Wildman–Crippen LogP) is 2.48. The molecule has 11 heteroatoms. The third-order valence-corrected chi connectivity index (χ3v) is 8.47. The van der Waals surface area contributed by atoms with Gasteiger partial charge in [-0.1, -0.05) is 37.6 Å². The largest absolute Gasteiger partial charge is 0.333 e. The third-order valence-electron chi connectivity index (χ3n) is 7.31. The van der Waals surface area contributed by atoms with Crippen LogP contribution in [0, 0.1) is 5.92 Å². The lowest BCUT2D eigenvalue weighted by Gasteiger charge is -2.32. The molecule has 3 aliphatic heterocycles. The minimum atomic E-state index is -3.66. The van der Waals surface area contributed by atoms with E-state index in [1.807, 2.05) is 19.1 Å². The zero-order chi connectivity index (χ0) is 24.5. The fourth-order valence-corrected chi connectivity index (χ4v) is 6.73. The monoisotopic (exact) mass is 560 g/mol. The lowest BCUT2D eigenvalue weighted by atomic mass is 9.94. The standard InChI is InChI=1S/C25H36N4O4S.2ClH/c1-4-5-21-24-22(29(25(21)31)34(3,32)33)12-13-28(24)23(30)11-10-19-6-8-20(9-7-19)18-27-16-14-26(2)15-17-27;;/h6-11,21-22,24H,4-5,12-18H2,1-3H3;2*1H/t21-,22+,24-;;/m1../s1. The Morgan fingerprint density at radius 3 is 2.28 bits per heavy atom. The number of rotatable bonds is 7. The summed E-state index contributed by atoms with van der Waals surface area (Å²) in [6, 6.07) is 7.41. The number of sulfonamides is 1. The van der Waals surface area contributed by atoms with Crippen molar-refractivity contribution >= 4 is 52.7 Å². The molecule has 1 aromatic carbocycles. The molecule has 0 spiro atoms. The summed E-state index contributed by atoms with van der Waals surface area (Å²) < 4.78 is 25.6. The van der Waals surface area contributed by atoms with Gasteiger partial charge in [-0.2, -0.15) is 0 Å².